The molecule has 0 radical (unpaired) electrons. The van der Waals surface area contributed by atoms with Crippen LogP contribution in [0.2, 0.25) is 0 Å². The Morgan fingerprint density at radius 1 is 1.08 bits per heavy atom. The van der Waals surface area contributed by atoms with Gasteiger partial charge in [-0.2, -0.15) is 0 Å². The first kappa shape index (κ1) is 17.1. The van der Waals surface area contributed by atoms with Gasteiger partial charge in [0.05, 0.1) is 18.9 Å². The molecule has 0 aromatic rings. The number of hydrogen-bond donors (Lipinski definition) is 0. The largest absolute Gasteiger partial charge is 0.436 e. The van der Waals surface area contributed by atoms with E-state index in [4.69, 9.17) is 9.47 Å². The molecule has 3 amide bonds. The van der Waals surface area contributed by atoms with Crippen LogP contribution in [0, 0.1) is 0 Å². The van der Waals surface area contributed by atoms with E-state index < -0.39 is 5.60 Å². The molecule has 3 aliphatic heterocycles. The second-order valence-electron chi connectivity index (χ2n) is 7.68. The maximum Gasteiger partial charge on any atom is 0.415 e. The Labute approximate surface area is 143 Å². The fourth-order valence-electron chi connectivity index (χ4n) is 3.67. The topological polar surface area (TPSA) is 62.3 Å². The molecule has 134 valence electrons. The van der Waals surface area contributed by atoms with Crippen molar-refractivity contribution in [1.29, 1.82) is 0 Å². The number of amides is 3. The molecule has 7 nitrogen and oxygen atoms in total. The molecule has 0 aromatic heterocycles. The monoisotopic (exact) mass is 337 g/mol. The van der Waals surface area contributed by atoms with Gasteiger partial charge in [0.2, 0.25) is 0 Å². The van der Waals surface area contributed by atoms with Crippen LogP contribution in [0.4, 0.5) is 9.59 Å². The van der Waals surface area contributed by atoms with Crippen molar-refractivity contribution < 1.29 is 19.1 Å². The highest BCUT2D eigenvalue weighted by Crippen LogP contribution is 2.43. The molecule has 3 aliphatic rings. The highest BCUT2D eigenvalue weighted by molar-refractivity contribution is 5.77. The van der Waals surface area contributed by atoms with E-state index in [1.807, 2.05) is 30.6 Å². The van der Waals surface area contributed by atoms with Gasteiger partial charge in [-0.25, -0.2) is 9.59 Å². The number of rotatable bonds is 0. The number of ether oxygens (including phenoxy) is 2. The number of urea groups is 1. The third kappa shape index (κ3) is 2.85. The second-order valence-corrected chi connectivity index (χ2v) is 7.68. The number of likely N-dealkylation sites (tertiary alicyclic amines) is 1. The highest BCUT2D eigenvalue weighted by Gasteiger charge is 2.53. The van der Waals surface area contributed by atoms with E-state index in [-0.39, 0.29) is 17.7 Å². The molecule has 3 fully saturated rings. The minimum absolute atomic E-state index is 0.0516. The lowest BCUT2D eigenvalue weighted by Crippen LogP contribution is -2.54. The highest BCUT2D eigenvalue weighted by atomic mass is 16.6. The normalized spacial score (nSPS) is 24.5. The Bertz CT molecular complexity index is 541. The molecule has 24 heavy (non-hydrogen) atoms. The van der Waals surface area contributed by atoms with Gasteiger partial charge in [0.25, 0.3) is 0 Å². The Balaban J connectivity index is 1.65. The van der Waals surface area contributed by atoms with Crippen LogP contribution in [0.1, 0.15) is 33.6 Å². The van der Waals surface area contributed by atoms with E-state index >= 15 is 0 Å². The quantitative estimate of drug-likeness (QED) is 0.679. The summed E-state index contributed by atoms with van der Waals surface area (Å²) in [5.41, 5.74) is -0.302. The average molecular weight is 337 g/mol. The first-order valence-electron chi connectivity index (χ1n) is 8.59. The number of carbonyl (C=O) groups is 2. The number of carbonyl (C=O) groups excluding carboxylic acids is 2. The van der Waals surface area contributed by atoms with Crippen molar-refractivity contribution in [3.05, 3.63) is 12.3 Å². The Morgan fingerprint density at radius 2 is 1.62 bits per heavy atom. The van der Waals surface area contributed by atoms with Gasteiger partial charge in [-0.1, -0.05) is 6.58 Å². The van der Waals surface area contributed by atoms with Crippen LogP contribution in [0.15, 0.2) is 12.3 Å². The van der Waals surface area contributed by atoms with Crippen molar-refractivity contribution in [3.8, 4) is 0 Å². The van der Waals surface area contributed by atoms with Crippen LogP contribution in [0.3, 0.4) is 0 Å². The number of nitrogens with zero attached hydrogens (tertiary/aromatic N) is 3. The smallest absolute Gasteiger partial charge is 0.415 e. The molecule has 3 rings (SSSR count). The van der Waals surface area contributed by atoms with Gasteiger partial charge in [-0.15, -0.1) is 0 Å². The van der Waals surface area contributed by atoms with E-state index in [2.05, 4.69) is 6.58 Å². The van der Waals surface area contributed by atoms with Crippen LogP contribution in [-0.2, 0) is 9.47 Å². The van der Waals surface area contributed by atoms with Gasteiger partial charge in [-0.05, 0) is 20.8 Å². The first-order valence-corrected chi connectivity index (χ1v) is 8.59. The predicted octanol–water partition coefficient (Wildman–Crippen LogP) is 2.04. The molecule has 0 aliphatic carbocycles. The van der Waals surface area contributed by atoms with Crippen LogP contribution in [0.25, 0.3) is 0 Å². The van der Waals surface area contributed by atoms with E-state index in [1.54, 1.807) is 4.90 Å². The summed E-state index contributed by atoms with van der Waals surface area (Å²) < 4.78 is 11.0. The number of piperidine rings is 1. The van der Waals surface area contributed by atoms with Crippen molar-refractivity contribution in [2.24, 2.45) is 0 Å². The summed E-state index contributed by atoms with van der Waals surface area (Å²) in [6.07, 6.45) is 0.862. The van der Waals surface area contributed by atoms with Crippen LogP contribution in [0.5, 0.6) is 0 Å². The second kappa shape index (κ2) is 5.95. The zero-order chi connectivity index (χ0) is 17.5. The van der Waals surface area contributed by atoms with Gasteiger partial charge < -0.3 is 19.3 Å². The molecule has 0 saturated carbocycles. The lowest BCUT2D eigenvalue weighted by Gasteiger charge is -2.41. The third-order valence-electron chi connectivity index (χ3n) is 5.06. The van der Waals surface area contributed by atoms with Crippen molar-refractivity contribution in [1.82, 2.24) is 14.7 Å². The molecule has 0 unspecified atom stereocenters. The molecule has 0 N–H and O–H groups in total. The summed E-state index contributed by atoms with van der Waals surface area (Å²) in [5.74, 6) is 0. The Kier molecular flexibility index (Phi) is 4.23. The van der Waals surface area contributed by atoms with Gasteiger partial charge >= 0.3 is 12.1 Å². The van der Waals surface area contributed by atoms with Crippen LogP contribution >= 0.6 is 0 Å². The van der Waals surface area contributed by atoms with Crippen molar-refractivity contribution in [2.75, 3.05) is 39.4 Å². The summed E-state index contributed by atoms with van der Waals surface area (Å²) in [6.45, 7) is 13.7. The van der Waals surface area contributed by atoms with E-state index in [1.165, 1.54) is 0 Å². The van der Waals surface area contributed by atoms with E-state index in [9.17, 15) is 9.59 Å². The van der Waals surface area contributed by atoms with Gasteiger partial charge in [0.1, 0.15) is 0 Å². The lowest BCUT2D eigenvalue weighted by atomic mass is 9.87. The fourth-order valence-corrected chi connectivity index (χ4v) is 3.67. The van der Waals surface area contributed by atoms with Crippen LogP contribution < -0.4 is 0 Å². The van der Waals surface area contributed by atoms with E-state index in [0.29, 0.717) is 52.2 Å². The molecule has 0 aromatic carbocycles. The molecule has 0 bridgehead atoms. The SMILES string of the molecule is C=C1N(C(C)(C)C)C(=O)OC12CCN(C(=O)N1CCOCC1)CC2. The zero-order valence-corrected chi connectivity index (χ0v) is 14.8. The molecule has 3 heterocycles. The van der Waals surface area contributed by atoms with E-state index in [0.717, 1.165) is 5.70 Å². The first-order chi connectivity index (χ1) is 11.2. The van der Waals surface area contributed by atoms with Gasteiger partial charge in [-0.3, -0.25) is 4.90 Å². The molecule has 3 saturated heterocycles. The molecule has 0 atom stereocenters. The molecular formula is C17H27N3O4. The molecular weight excluding hydrogens is 310 g/mol. The zero-order valence-electron chi connectivity index (χ0n) is 14.8. The predicted molar refractivity (Wildman–Crippen MR) is 88.5 cm³/mol. The fraction of sp³-hybridized carbons (Fsp3) is 0.765. The summed E-state index contributed by atoms with van der Waals surface area (Å²) in [4.78, 5) is 30.2. The van der Waals surface area contributed by atoms with Crippen molar-refractivity contribution >= 4 is 12.1 Å². The van der Waals surface area contributed by atoms with Gasteiger partial charge in [0.15, 0.2) is 5.60 Å². The molecule has 7 heteroatoms. The Hall–Kier alpha value is -1.76. The third-order valence-corrected chi connectivity index (χ3v) is 5.06. The average Bonchev–Trinajstić information content (AvgIpc) is 2.78. The summed E-state index contributed by atoms with van der Waals surface area (Å²) >= 11 is 0. The summed E-state index contributed by atoms with van der Waals surface area (Å²) in [5, 5.41) is 0. The Morgan fingerprint density at radius 3 is 2.12 bits per heavy atom. The van der Waals surface area contributed by atoms with Crippen molar-refractivity contribution in [3.63, 3.8) is 0 Å². The molecule has 1 spiro atoms. The van der Waals surface area contributed by atoms with Gasteiger partial charge in [0, 0.05) is 44.6 Å². The minimum Gasteiger partial charge on any atom is -0.436 e. The maximum absolute atomic E-state index is 12.6. The summed E-state index contributed by atoms with van der Waals surface area (Å²) in [7, 11) is 0. The summed E-state index contributed by atoms with van der Waals surface area (Å²) in [6, 6.07) is 0.0516. The van der Waals surface area contributed by atoms with Crippen molar-refractivity contribution in [2.45, 2.75) is 44.8 Å². The lowest BCUT2D eigenvalue weighted by molar-refractivity contribution is 0.00938. The minimum atomic E-state index is -0.661. The number of morpholine rings is 1. The standard InChI is InChI=1S/C17H27N3O4/c1-13-17(24-15(22)20(13)16(2,3)4)5-7-18(8-6-17)14(21)19-9-11-23-12-10-19/h1,5-12H2,2-4H3. The maximum atomic E-state index is 12.6. The van der Waals surface area contributed by atoms with Crippen LogP contribution in [-0.4, -0.2) is 77.4 Å². The number of hydrogen-bond acceptors (Lipinski definition) is 4.